The summed E-state index contributed by atoms with van der Waals surface area (Å²) in [5.74, 6) is 1.12. The predicted octanol–water partition coefficient (Wildman–Crippen LogP) is 3.85. The first-order valence-electron chi connectivity index (χ1n) is 3.27. The maximum Gasteiger partial charge on any atom is 0.138 e. The Hall–Kier alpha value is 0.0800. The van der Waals surface area contributed by atoms with E-state index in [1.165, 1.54) is 0 Å². The Morgan fingerprint density at radius 1 is 1.50 bits per heavy atom. The van der Waals surface area contributed by atoms with E-state index >= 15 is 0 Å². The van der Waals surface area contributed by atoms with Gasteiger partial charge >= 0.3 is 0 Å². The highest BCUT2D eigenvalue weighted by molar-refractivity contribution is 9.10. The molecule has 0 bridgehead atoms. The maximum absolute atomic E-state index is 5.85. The number of halogens is 3. The van der Waals surface area contributed by atoms with E-state index < -0.39 is 0 Å². The van der Waals surface area contributed by atoms with Crippen LogP contribution in [0.3, 0.4) is 0 Å². The van der Waals surface area contributed by atoms with E-state index in [4.69, 9.17) is 27.9 Å². The van der Waals surface area contributed by atoms with Crippen LogP contribution in [0.25, 0.3) is 0 Å². The van der Waals surface area contributed by atoms with Crippen LogP contribution in [0.5, 0.6) is 5.75 Å². The van der Waals surface area contributed by atoms with Crippen LogP contribution in [0.15, 0.2) is 16.6 Å². The molecule has 0 aliphatic carbocycles. The molecule has 1 aromatic rings. The lowest BCUT2D eigenvalue weighted by atomic mass is 10.2. The Morgan fingerprint density at radius 3 is 2.67 bits per heavy atom. The van der Waals surface area contributed by atoms with Gasteiger partial charge in [0.2, 0.25) is 0 Å². The van der Waals surface area contributed by atoms with E-state index in [2.05, 4.69) is 15.9 Å². The molecule has 0 N–H and O–H groups in total. The average Bonchev–Trinajstić information content (AvgIpc) is 2.09. The summed E-state index contributed by atoms with van der Waals surface area (Å²) in [7, 11) is 1.59. The first-order chi connectivity index (χ1) is 5.70. The summed E-state index contributed by atoms with van der Waals surface area (Å²) in [4.78, 5) is 0. The molecule has 0 spiro atoms. The maximum atomic E-state index is 5.85. The summed E-state index contributed by atoms with van der Waals surface area (Å²) in [5.41, 5.74) is 0.926. The van der Waals surface area contributed by atoms with Crippen LogP contribution in [0, 0.1) is 0 Å². The molecule has 66 valence electrons. The molecule has 1 rings (SSSR count). The van der Waals surface area contributed by atoms with Gasteiger partial charge in [0, 0.05) is 5.56 Å². The normalized spacial score (nSPS) is 10.0. The number of hydrogen-bond donors (Lipinski definition) is 0. The lowest BCUT2D eigenvalue weighted by Gasteiger charge is -2.08. The topological polar surface area (TPSA) is 9.23 Å². The van der Waals surface area contributed by atoms with Crippen LogP contribution in [0.2, 0.25) is 5.02 Å². The van der Waals surface area contributed by atoms with Gasteiger partial charge in [-0.1, -0.05) is 17.7 Å². The first kappa shape index (κ1) is 10.2. The Balaban J connectivity index is 3.25. The second-order valence-electron chi connectivity index (χ2n) is 2.19. The molecule has 0 saturated heterocycles. The molecule has 1 nitrogen and oxygen atoms in total. The van der Waals surface area contributed by atoms with Crippen molar-refractivity contribution >= 4 is 39.1 Å². The van der Waals surface area contributed by atoms with Crippen molar-refractivity contribution in [2.45, 2.75) is 5.88 Å². The Kier molecular flexibility index (Phi) is 3.69. The molecular weight excluding hydrogens is 263 g/mol. The van der Waals surface area contributed by atoms with Crippen LogP contribution in [-0.2, 0) is 5.88 Å². The Bertz CT molecular complexity index is 289. The smallest absolute Gasteiger partial charge is 0.138 e. The van der Waals surface area contributed by atoms with Crippen LogP contribution >= 0.6 is 39.1 Å². The fourth-order valence-corrected chi connectivity index (χ4v) is 1.81. The predicted molar refractivity (Wildman–Crippen MR) is 55.3 cm³/mol. The van der Waals surface area contributed by atoms with Gasteiger partial charge in [0.25, 0.3) is 0 Å². The standard InChI is InChI=1S/C8H7BrCl2O/c1-12-8-5(4-10)2-3-6(11)7(8)9/h2-3H,4H2,1H3. The average molecular weight is 270 g/mol. The summed E-state index contributed by atoms with van der Waals surface area (Å²) >= 11 is 14.9. The zero-order valence-electron chi connectivity index (χ0n) is 6.40. The summed E-state index contributed by atoms with van der Waals surface area (Å²) in [6.45, 7) is 0. The van der Waals surface area contributed by atoms with Gasteiger partial charge in [-0.3, -0.25) is 0 Å². The minimum absolute atomic E-state index is 0.416. The summed E-state index contributed by atoms with van der Waals surface area (Å²) in [6.07, 6.45) is 0. The highest BCUT2D eigenvalue weighted by Gasteiger charge is 2.09. The quantitative estimate of drug-likeness (QED) is 0.741. The third kappa shape index (κ3) is 1.87. The molecule has 4 heteroatoms. The van der Waals surface area contributed by atoms with E-state index in [-0.39, 0.29) is 0 Å². The molecule has 0 atom stereocenters. The van der Waals surface area contributed by atoms with Crippen molar-refractivity contribution in [3.63, 3.8) is 0 Å². The monoisotopic (exact) mass is 268 g/mol. The minimum Gasteiger partial charge on any atom is -0.495 e. The number of alkyl halides is 1. The summed E-state index contributed by atoms with van der Waals surface area (Å²) in [5, 5.41) is 0.626. The van der Waals surface area contributed by atoms with E-state index in [9.17, 15) is 0 Å². The zero-order chi connectivity index (χ0) is 9.14. The van der Waals surface area contributed by atoms with Crippen LogP contribution in [0.4, 0.5) is 0 Å². The fraction of sp³-hybridized carbons (Fsp3) is 0.250. The molecule has 0 heterocycles. The van der Waals surface area contributed by atoms with Gasteiger partial charge in [-0.05, 0) is 22.0 Å². The van der Waals surface area contributed by atoms with Crippen LogP contribution in [-0.4, -0.2) is 7.11 Å². The van der Waals surface area contributed by atoms with Gasteiger partial charge in [0.1, 0.15) is 5.75 Å². The molecule has 12 heavy (non-hydrogen) atoms. The summed E-state index contributed by atoms with van der Waals surface area (Å²) < 4.78 is 5.89. The van der Waals surface area contributed by atoms with Crippen LogP contribution < -0.4 is 4.74 Å². The molecule has 0 fully saturated rings. The lowest BCUT2D eigenvalue weighted by molar-refractivity contribution is 0.408. The Labute approximate surface area is 89.7 Å². The van der Waals surface area contributed by atoms with Gasteiger partial charge in [-0.15, -0.1) is 11.6 Å². The largest absolute Gasteiger partial charge is 0.495 e. The molecule has 0 unspecified atom stereocenters. The molecule has 0 amide bonds. The van der Waals surface area contributed by atoms with Gasteiger partial charge < -0.3 is 4.74 Å². The highest BCUT2D eigenvalue weighted by atomic mass is 79.9. The summed E-state index contributed by atoms with van der Waals surface area (Å²) in [6, 6.07) is 3.63. The minimum atomic E-state index is 0.416. The van der Waals surface area contributed by atoms with Crippen molar-refractivity contribution < 1.29 is 4.74 Å². The van der Waals surface area contributed by atoms with E-state index in [1.54, 1.807) is 13.2 Å². The number of rotatable bonds is 2. The SMILES string of the molecule is COc1c(CCl)ccc(Cl)c1Br. The van der Waals surface area contributed by atoms with Crippen molar-refractivity contribution in [1.82, 2.24) is 0 Å². The number of ether oxygens (including phenoxy) is 1. The van der Waals surface area contributed by atoms with Crippen molar-refractivity contribution in [1.29, 1.82) is 0 Å². The molecule has 0 aliphatic heterocycles. The van der Waals surface area contributed by atoms with Gasteiger partial charge in [-0.25, -0.2) is 0 Å². The third-order valence-electron chi connectivity index (χ3n) is 1.48. The second kappa shape index (κ2) is 4.35. The Morgan fingerprint density at radius 2 is 2.17 bits per heavy atom. The third-order valence-corrected chi connectivity index (χ3v) is 3.10. The van der Waals surface area contributed by atoms with E-state index in [0.29, 0.717) is 16.7 Å². The van der Waals surface area contributed by atoms with Crippen molar-refractivity contribution in [3.05, 3.63) is 27.2 Å². The van der Waals surface area contributed by atoms with Crippen molar-refractivity contribution in [2.75, 3.05) is 7.11 Å². The first-order valence-corrected chi connectivity index (χ1v) is 4.98. The molecule has 0 radical (unpaired) electrons. The van der Waals surface area contributed by atoms with Crippen molar-refractivity contribution in [2.24, 2.45) is 0 Å². The fourth-order valence-electron chi connectivity index (χ4n) is 0.898. The van der Waals surface area contributed by atoms with E-state index in [0.717, 1.165) is 10.0 Å². The number of hydrogen-bond acceptors (Lipinski definition) is 1. The highest BCUT2D eigenvalue weighted by Crippen LogP contribution is 2.35. The molecular formula is C8H7BrCl2O. The van der Waals surface area contributed by atoms with Crippen LogP contribution in [0.1, 0.15) is 5.56 Å². The molecule has 0 saturated carbocycles. The van der Waals surface area contributed by atoms with Gasteiger partial charge in [0.05, 0.1) is 22.5 Å². The zero-order valence-corrected chi connectivity index (χ0v) is 9.50. The lowest BCUT2D eigenvalue weighted by Crippen LogP contribution is -1.90. The van der Waals surface area contributed by atoms with Crippen molar-refractivity contribution in [3.8, 4) is 5.75 Å². The van der Waals surface area contributed by atoms with Gasteiger partial charge in [0.15, 0.2) is 0 Å². The number of benzene rings is 1. The molecule has 1 aromatic carbocycles. The number of methoxy groups -OCH3 is 1. The second-order valence-corrected chi connectivity index (χ2v) is 3.65. The van der Waals surface area contributed by atoms with Gasteiger partial charge in [-0.2, -0.15) is 0 Å². The molecule has 0 aromatic heterocycles. The van der Waals surface area contributed by atoms with E-state index in [1.807, 2.05) is 6.07 Å². The molecule has 0 aliphatic rings.